The first-order valence-electron chi connectivity index (χ1n) is 5.07. The highest BCUT2D eigenvalue weighted by Crippen LogP contribution is 2.29. The number of hydrogen-bond acceptors (Lipinski definition) is 2. The van der Waals surface area contributed by atoms with Gasteiger partial charge in [-0.3, -0.25) is 4.79 Å². The van der Waals surface area contributed by atoms with Crippen molar-refractivity contribution in [3.8, 4) is 0 Å². The van der Waals surface area contributed by atoms with Crippen LogP contribution < -0.4 is 10.6 Å². The Labute approximate surface area is 80.3 Å². The second-order valence-electron chi connectivity index (χ2n) is 4.37. The van der Waals surface area contributed by atoms with E-state index in [1.807, 2.05) is 20.8 Å². The minimum Gasteiger partial charge on any atom is -0.353 e. The molecule has 0 aliphatic heterocycles. The molecule has 3 atom stereocenters. The third kappa shape index (κ3) is 3.35. The molecule has 3 nitrogen and oxygen atoms in total. The van der Waals surface area contributed by atoms with Gasteiger partial charge in [-0.05, 0) is 33.1 Å². The molecule has 0 aromatic heterocycles. The molecule has 76 valence electrons. The molecule has 0 aromatic carbocycles. The Morgan fingerprint density at radius 3 is 2.31 bits per heavy atom. The lowest BCUT2D eigenvalue weighted by Crippen LogP contribution is -2.45. The number of nitrogens with one attached hydrogen (secondary N) is 2. The lowest BCUT2D eigenvalue weighted by atomic mass is 10.2. The van der Waals surface area contributed by atoms with Crippen molar-refractivity contribution in [3.05, 3.63) is 0 Å². The van der Waals surface area contributed by atoms with E-state index >= 15 is 0 Å². The van der Waals surface area contributed by atoms with Crippen LogP contribution in [0.4, 0.5) is 0 Å². The highest BCUT2D eigenvalue weighted by atomic mass is 16.2. The fourth-order valence-corrected chi connectivity index (χ4v) is 1.36. The fourth-order valence-electron chi connectivity index (χ4n) is 1.36. The van der Waals surface area contributed by atoms with Crippen molar-refractivity contribution in [2.24, 2.45) is 5.92 Å². The minimum absolute atomic E-state index is 0.0580. The number of rotatable bonds is 4. The van der Waals surface area contributed by atoms with Gasteiger partial charge in [0.15, 0.2) is 0 Å². The molecular formula is C10H20N2O. The van der Waals surface area contributed by atoms with Crippen molar-refractivity contribution in [2.75, 3.05) is 0 Å². The average Bonchev–Trinajstić information content (AvgIpc) is 2.64. The zero-order valence-electron chi connectivity index (χ0n) is 8.92. The van der Waals surface area contributed by atoms with Gasteiger partial charge in [-0.1, -0.05) is 6.92 Å². The molecular weight excluding hydrogens is 164 g/mol. The molecule has 0 radical (unpaired) electrons. The quantitative estimate of drug-likeness (QED) is 0.681. The van der Waals surface area contributed by atoms with Crippen molar-refractivity contribution in [3.63, 3.8) is 0 Å². The van der Waals surface area contributed by atoms with E-state index in [0.29, 0.717) is 6.04 Å². The number of amides is 1. The molecule has 0 spiro atoms. The first-order chi connectivity index (χ1) is 6.00. The maximum Gasteiger partial charge on any atom is 0.237 e. The Hall–Kier alpha value is -0.570. The third-order valence-corrected chi connectivity index (χ3v) is 2.40. The van der Waals surface area contributed by atoms with Crippen LogP contribution in [0.1, 0.15) is 34.1 Å². The normalized spacial score (nSPS) is 28.7. The first kappa shape index (κ1) is 10.5. The summed E-state index contributed by atoms with van der Waals surface area (Å²) in [4.78, 5) is 11.4. The van der Waals surface area contributed by atoms with Crippen LogP contribution in [0.15, 0.2) is 0 Å². The summed E-state index contributed by atoms with van der Waals surface area (Å²) in [6.45, 7) is 8.07. The summed E-state index contributed by atoms with van der Waals surface area (Å²) in [6.07, 6.45) is 1.21. The Kier molecular flexibility index (Phi) is 3.31. The van der Waals surface area contributed by atoms with Gasteiger partial charge in [0.05, 0.1) is 6.04 Å². The van der Waals surface area contributed by atoms with Crippen molar-refractivity contribution >= 4 is 5.91 Å². The van der Waals surface area contributed by atoms with Gasteiger partial charge in [0.1, 0.15) is 0 Å². The summed E-state index contributed by atoms with van der Waals surface area (Å²) in [5, 5.41) is 6.19. The molecule has 1 rings (SSSR count). The van der Waals surface area contributed by atoms with E-state index in [9.17, 15) is 4.79 Å². The number of carbonyl (C=O) groups is 1. The predicted octanol–water partition coefficient (Wildman–Crippen LogP) is 0.897. The molecule has 2 N–H and O–H groups in total. The highest BCUT2D eigenvalue weighted by molar-refractivity contribution is 5.81. The van der Waals surface area contributed by atoms with Crippen LogP contribution >= 0.6 is 0 Å². The SMILES string of the molecule is CC(C)NC(=O)C(C)NC1CC1C. The monoisotopic (exact) mass is 184 g/mol. The van der Waals surface area contributed by atoms with Crippen LogP contribution in [0.3, 0.4) is 0 Å². The van der Waals surface area contributed by atoms with Gasteiger partial charge >= 0.3 is 0 Å². The molecule has 1 saturated carbocycles. The summed E-state index contributed by atoms with van der Waals surface area (Å²) in [7, 11) is 0. The molecule has 0 heterocycles. The predicted molar refractivity (Wildman–Crippen MR) is 53.4 cm³/mol. The first-order valence-corrected chi connectivity index (χ1v) is 5.07. The lowest BCUT2D eigenvalue weighted by Gasteiger charge is -2.15. The second-order valence-corrected chi connectivity index (χ2v) is 4.37. The van der Waals surface area contributed by atoms with Crippen LogP contribution in [-0.2, 0) is 4.79 Å². The smallest absolute Gasteiger partial charge is 0.237 e. The summed E-state index contributed by atoms with van der Waals surface area (Å²) >= 11 is 0. The summed E-state index contributed by atoms with van der Waals surface area (Å²) in [6, 6.07) is 0.735. The lowest BCUT2D eigenvalue weighted by molar-refractivity contribution is -0.123. The number of carbonyl (C=O) groups excluding carboxylic acids is 1. The van der Waals surface area contributed by atoms with Gasteiger partial charge in [0.25, 0.3) is 0 Å². The average molecular weight is 184 g/mol. The Bertz CT molecular complexity index is 191. The van der Waals surface area contributed by atoms with Crippen LogP contribution in [0.25, 0.3) is 0 Å². The second kappa shape index (κ2) is 4.09. The molecule has 0 bridgehead atoms. The fraction of sp³-hybridized carbons (Fsp3) is 0.900. The molecule has 13 heavy (non-hydrogen) atoms. The topological polar surface area (TPSA) is 41.1 Å². The van der Waals surface area contributed by atoms with Crippen LogP contribution in [0, 0.1) is 5.92 Å². The molecule has 1 aliphatic rings. The van der Waals surface area contributed by atoms with Crippen molar-refractivity contribution in [2.45, 2.75) is 52.2 Å². The van der Waals surface area contributed by atoms with Crippen molar-refractivity contribution in [1.82, 2.24) is 10.6 Å². The number of hydrogen-bond donors (Lipinski definition) is 2. The van der Waals surface area contributed by atoms with Gasteiger partial charge in [0, 0.05) is 12.1 Å². The van der Waals surface area contributed by atoms with E-state index in [-0.39, 0.29) is 18.0 Å². The van der Waals surface area contributed by atoms with Gasteiger partial charge in [-0.15, -0.1) is 0 Å². The van der Waals surface area contributed by atoms with E-state index in [0.717, 1.165) is 5.92 Å². The van der Waals surface area contributed by atoms with E-state index in [1.165, 1.54) is 6.42 Å². The molecule has 1 amide bonds. The zero-order chi connectivity index (χ0) is 10.0. The van der Waals surface area contributed by atoms with Crippen LogP contribution in [0.2, 0.25) is 0 Å². The summed E-state index contributed by atoms with van der Waals surface area (Å²) < 4.78 is 0. The molecule has 1 fully saturated rings. The Morgan fingerprint density at radius 1 is 1.38 bits per heavy atom. The maximum absolute atomic E-state index is 11.4. The van der Waals surface area contributed by atoms with Gasteiger partial charge in [-0.2, -0.15) is 0 Å². The van der Waals surface area contributed by atoms with E-state index in [2.05, 4.69) is 17.6 Å². The summed E-state index contributed by atoms with van der Waals surface area (Å²) in [5.74, 6) is 0.850. The van der Waals surface area contributed by atoms with E-state index in [4.69, 9.17) is 0 Å². The molecule has 0 saturated heterocycles. The van der Waals surface area contributed by atoms with Crippen molar-refractivity contribution in [1.29, 1.82) is 0 Å². The largest absolute Gasteiger partial charge is 0.353 e. The zero-order valence-corrected chi connectivity index (χ0v) is 8.92. The van der Waals surface area contributed by atoms with Gasteiger partial charge in [0.2, 0.25) is 5.91 Å². The third-order valence-electron chi connectivity index (χ3n) is 2.40. The molecule has 1 aliphatic carbocycles. The minimum atomic E-state index is -0.0580. The van der Waals surface area contributed by atoms with Crippen LogP contribution in [-0.4, -0.2) is 24.0 Å². The van der Waals surface area contributed by atoms with Crippen LogP contribution in [0.5, 0.6) is 0 Å². The summed E-state index contributed by atoms with van der Waals surface area (Å²) in [5.41, 5.74) is 0. The molecule has 3 unspecified atom stereocenters. The Balaban J connectivity index is 2.22. The van der Waals surface area contributed by atoms with E-state index < -0.39 is 0 Å². The molecule has 3 heteroatoms. The maximum atomic E-state index is 11.4. The Morgan fingerprint density at radius 2 is 1.92 bits per heavy atom. The van der Waals surface area contributed by atoms with Gasteiger partial charge < -0.3 is 10.6 Å². The standard InChI is InChI=1S/C10H20N2O/c1-6(2)11-10(13)8(4)12-9-5-7(9)3/h6-9,12H,5H2,1-4H3,(H,11,13). The molecule has 0 aromatic rings. The van der Waals surface area contributed by atoms with Crippen molar-refractivity contribution < 1.29 is 4.79 Å². The highest BCUT2D eigenvalue weighted by Gasteiger charge is 2.34. The van der Waals surface area contributed by atoms with E-state index in [1.54, 1.807) is 0 Å². The van der Waals surface area contributed by atoms with Gasteiger partial charge in [-0.25, -0.2) is 0 Å².